The minimum Gasteiger partial charge on any atom is -0.378 e. The third-order valence-corrected chi connectivity index (χ3v) is 5.03. The van der Waals surface area contributed by atoms with Gasteiger partial charge >= 0.3 is 0 Å². The molecule has 1 saturated heterocycles. The van der Waals surface area contributed by atoms with Crippen LogP contribution in [0.2, 0.25) is 0 Å². The molecule has 2 N–H and O–H groups in total. The number of ether oxygens (including phenoxy) is 1. The molecule has 20 heavy (non-hydrogen) atoms. The molecule has 1 unspecified atom stereocenters. The van der Waals surface area contributed by atoms with E-state index >= 15 is 0 Å². The fraction of sp³-hybridized carbons (Fsp3) is 0.800. The summed E-state index contributed by atoms with van der Waals surface area (Å²) < 4.78 is 5.90. The first-order valence-corrected chi connectivity index (χ1v) is 8.61. The fourth-order valence-electron chi connectivity index (χ4n) is 2.38. The second kappa shape index (κ2) is 8.72. The normalized spacial score (nSPS) is 18.3. The zero-order chi connectivity index (χ0) is 14.2. The molecule has 0 amide bonds. The summed E-state index contributed by atoms with van der Waals surface area (Å²) >= 11 is 1.82. The molecule has 0 radical (unpaired) electrons. The molecule has 2 rings (SSSR count). The second-order valence-corrected chi connectivity index (χ2v) is 6.51. The lowest BCUT2D eigenvalue weighted by Gasteiger charge is -2.23. The van der Waals surface area contributed by atoms with E-state index in [4.69, 9.17) is 4.74 Å². The van der Waals surface area contributed by atoms with Gasteiger partial charge in [0.25, 0.3) is 0 Å². The Morgan fingerprint density at radius 2 is 2.30 bits per heavy atom. The molecule has 0 saturated carbocycles. The highest BCUT2D eigenvalue weighted by molar-refractivity contribution is 7.11. The highest BCUT2D eigenvalue weighted by Gasteiger charge is 2.13. The van der Waals surface area contributed by atoms with Gasteiger partial charge in [0, 0.05) is 17.7 Å². The fourth-order valence-corrected chi connectivity index (χ4v) is 3.26. The highest BCUT2D eigenvalue weighted by Crippen LogP contribution is 2.20. The Morgan fingerprint density at radius 3 is 3.00 bits per heavy atom. The third kappa shape index (κ3) is 5.13. The van der Waals surface area contributed by atoms with Crippen LogP contribution >= 0.6 is 11.3 Å². The van der Waals surface area contributed by atoms with E-state index in [0.717, 1.165) is 51.9 Å². The van der Waals surface area contributed by atoms with Crippen LogP contribution in [0.4, 0.5) is 0 Å². The van der Waals surface area contributed by atoms with Crippen molar-refractivity contribution in [1.82, 2.24) is 15.6 Å². The maximum atomic E-state index is 5.90. The van der Waals surface area contributed by atoms with E-state index in [1.165, 1.54) is 9.88 Å². The van der Waals surface area contributed by atoms with Crippen LogP contribution in [-0.2, 0) is 11.2 Å². The SMILES string of the molecule is CCc1cnc(C(C)NCCCOC2CCNCC2)s1. The number of nitrogens with zero attached hydrogens (tertiary/aromatic N) is 1. The summed E-state index contributed by atoms with van der Waals surface area (Å²) in [7, 11) is 0. The van der Waals surface area contributed by atoms with E-state index in [9.17, 15) is 0 Å². The summed E-state index contributed by atoms with van der Waals surface area (Å²) in [6, 6.07) is 0.346. The standard InChI is InChI=1S/C15H27N3OS/c1-3-14-11-18-15(20-14)12(2)17-7-4-10-19-13-5-8-16-9-6-13/h11-13,16-17H,3-10H2,1-2H3. The van der Waals surface area contributed by atoms with Gasteiger partial charge in [-0.25, -0.2) is 4.98 Å². The van der Waals surface area contributed by atoms with E-state index in [0.29, 0.717) is 12.1 Å². The Labute approximate surface area is 126 Å². The van der Waals surface area contributed by atoms with Gasteiger partial charge in [0.2, 0.25) is 0 Å². The molecular formula is C15H27N3OS. The molecule has 0 aliphatic carbocycles. The average Bonchev–Trinajstić information content (AvgIpc) is 2.97. The van der Waals surface area contributed by atoms with E-state index < -0.39 is 0 Å². The van der Waals surface area contributed by atoms with Crippen LogP contribution < -0.4 is 10.6 Å². The van der Waals surface area contributed by atoms with Gasteiger partial charge in [-0.05, 0) is 52.2 Å². The second-order valence-electron chi connectivity index (χ2n) is 5.37. The third-order valence-electron chi connectivity index (χ3n) is 3.70. The number of aryl methyl sites for hydroxylation is 1. The van der Waals surface area contributed by atoms with Crippen molar-refractivity contribution >= 4 is 11.3 Å². The Bertz CT molecular complexity index is 377. The van der Waals surface area contributed by atoms with Crippen LogP contribution in [0, 0.1) is 0 Å². The molecule has 1 aromatic rings. The van der Waals surface area contributed by atoms with Gasteiger partial charge in [0.05, 0.1) is 12.1 Å². The van der Waals surface area contributed by atoms with Crippen LogP contribution in [0.15, 0.2) is 6.20 Å². The van der Waals surface area contributed by atoms with Gasteiger partial charge in [0.15, 0.2) is 0 Å². The predicted octanol–water partition coefficient (Wildman–Crippen LogP) is 2.51. The topological polar surface area (TPSA) is 46.2 Å². The molecule has 1 atom stereocenters. The maximum absolute atomic E-state index is 5.90. The van der Waals surface area contributed by atoms with Crippen LogP contribution in [0.1, 0.15) is 49.0 Å². The van der Waals surface area contributed by atoms with E-state index in [1.54, 1.807) is 0 Å². The number of piperidine rings is 1. The van der Waals surface area contributed by atoms with Crippen molar-refractivity contribution in [3.63, 3.8) is 0 Å². The number of hydrogen-bond donors (Lipinski definition) is 2. The summed E-state index contributed by atoms with van der Waals surface area (Å²) in [5.41, 5.74) is 0. The van der Waals surface area contributed by atoms with Crippen molar-refractivity contribution in [1.29, 1.82) is 0 Å². The van der Waals surface area contributed by atoms with Gasteiger partial charge in [-0.2, -0.15) is 0 Å². The van der Waals surface area contributed by atoms with Crippen molar-refractivity contribution in [2.75, 3.05) is 26.2 Å². The number of nitrogens with one attached hydrogen (secondary N) is 2. The Hall–Kier alpha value is -0.490. The molecule has 1 fully saturated rings. The molecular weight excluding hydrogens is 270 g/mol. The highest BCUT2D eigenvalue weighted by atomic mass is 32.1. The molecule has 1 aromatic heterocycles. The molecule has 2 heterocycles. The van der Waals surface area contributed by atoms with Crippen molar-refractivity contribution in [2.45, 2.75) is 51.7 Å². The maximum Gasteiger partial charge on any atom is 0.109 e. The molecule has 114 valence electrons. The van der Waals surface area contributed by atoms with Crippen LogP contribution in [0.3, 0.4) is 0 Å². The summed E-state index contributed by atoms with van der Waals surface area (Å²) in [5.74, 6) is 0. The predicted molar refractivity (Wildman–Crippen MR) is 84.4 cm³/mol. The Morgan fingerprint density at radius 1 is 1.50 bits per heavy atom. The minimum atomic E-state index is 0.346. The Kier molecular flexibility index (Phi) is 6.93. The van der Waals surface area contributed by atoms with Gasteiger partial charge in [0.1, 0.15) is 5.01 Å². The first kappa shape index (κ1) is 15.9. The largest absolute Gasteiger partial charge is 0.378 e. The summed E-state index contributed by atoms with van der Waals surface area (Å²) in [6.45, 7) is 8.42. The van der Waals surface area contributed by atoms with Crippen molar-refractivity contribution in [3.05, 3.63) is 16.1 Å². The number of aromatic nitrogens is 1. The van der Waals surface area contributed by atoms with Crippen LogP contribution in [0.5, 0.6) is 0 Å². The monoisotopic (exact) mass is 297 g/mol. The summed E-state index contributed by atoms with van der Waals surface area (Å²) in [5, 5.41) is 8.08. The van der Waals surface area contributed by atoms with Crippen molar-refractivity contribution < 1.29 is 4.74 Å². The molecule has 0 bridgehead atoms. The zero-order valence-electron chi connectivity index (χ0n) is 12.7. The lowest BCUT2D eigenvalue weighted by molar-refractivity contribution is 0.0316. The molecule has 0 aromatic carbocycles. The molecule has 1 aliphatic heterocycles. The van der Waals surface area contributed by atoms with Crippen molar-refractivity contribution in [3.8, 4) is 0 Å². The molecule has 1 aliphatic rings. The quantitative estimate of drug-likeness (QED) is 0.724. The number of thiazole rings is 1. The molecule has 4 nitrogen and oxygen atoms in total. The number of hydrogen-bond acceptors (Lipinski definition) is 5. The lowest BCUT2D eigenvalue weighted by Crippen LogP contribution is -2.33. The summed E-state index contributed by atoms with van der Waals surface area (Å²) in [4.78, 5) is 5.84. The smallest absolute Gasteiger partial charge is 0.109 e. The zero-order valence-corrected chi connectivity index (χ0v) is 13.5. The first-order chi connectivity index (χ1) is 9.79. The van der Waals surface area contributed by atoms with Gasteiger partial charge in [-0.1, -0.05) is 6.92 Å². The first-order valence-electron chi connectivity index (χ1n) is 7.80. The van der Waals surface area contributed by atoms with Gasteiger partial charge < -0.3 is 15.4 Å². The number of rotatable bonds is 8. The van der Waals surface area contributed by atoms with E-state index in [-0.39, 0.29) is 0 Å². The summed E-state index contributed by atoms with van der Waals surface area (Å²) in [6.07, 6.45) is 6.93. The van der Waals surface area contributed by atoms with E-state index in [1.807, 2.05) is 17.5 Å². The average molecular weight is 297 g/mol. The van der Waals surface area contributed by atoms with Crippen LogP contribution in [0.25, 0.3) is 0 Å². The van der Waals surface area contributed by atoms with Gasteiger partial charge in [-0.15, -0.1) is 11.3 Å². The van der Waals surface area contributed by atoms with Crippen LogP contribution in [-0.4, -0.2) is 37.3 Å². The Balaban J connectivity index is 1.55. The lowest BCUT2D eigenvalue weighted by atomic mass is 10.1. The van der Waals surface area contributed by atoms with E-state index in [2.05, 4.69) is 29.5 Å². The molecule has 0 spiro atoms. The minimum absolute atomic E-state index is 0.346. The van der Waals surface area contributed by atoms with Crippen molar-refractivity contribution in [2.24, 2.45) is 0 Å². The molecule has 5 heteroatoms. The van der Waals surface area contributed by atoms with Gasteiger partial charge in [-0.3, -0.25) is 0 Å².